The van der Waals surface area contributed by atoms with Crippen molar-refractivity contribution in [2.75, 3.05) is 0 Å². The van der Waals surface area contributed by atoms with E-state index < -0.39 is 0 Å². The molecule has 0 aromatic heterocycles. The molecule has 0 aliphatic rings. The Morgan fingerprint density at radius 2 is 1.50 bits per heavy atom. The van der Waals surface area contributed by atoms with Crippen LogP contribution in [0.3, 0.4) is 0 Å². The van der Waals surface area contributed by atoms with Gasteiger partial charge in [0.15, 0.2) is 0 Å². The van der Waals surface area contributed by atoms with Gasteiger partial charge in [-0.15, -0.1) is 17.0 Å². The second kappa shape index (κ2) is 15.7. The summed E-state index contributed by atoms with van der Waals surface area (Å²) in [6.07, 6.45) is 1.06. The van der Waals surface area contributed by atoms with Crippen molar-refractivity contribution in [3.63, 3.8) is 0 Å². The van der Waals surface area contributed by atoms with E-state index in [1.165, 1.54) is 0 Å². The third-order valence-corrected chi connectivity index (χ3v) is 0.577. The normalized spacial score (nSPS) is 6.00. The summed E-state index contributed by atoms with van der Waals surface area (Å²) in [7, 11) is 0. The zero-order chi connectivity index (χ0) is 4.28. The molecule has 0 heterocycles. The summed E-state index contributed by atoms with van der Waals surface area (Å²) in [5, 5.41) is 0. The zero-order valence-corrected chi connectivity index (χ0v) is 8.73. The van der Waals surface area contributed by atoms with E-state index in [1.54, 1.807) is 0 Å². The average Bonchev–Trinajstić information content (AvgIpc) is 1.38. The summed E-state index contributed by atoms with van der Waals surface area (Å²) < 4.78 is 0. The van der Waals surface area contributed by atoms with Gasteiger partial charge in [0.25, 0.3) is 0 Å². The Bertz CT molecular complexity index is 26.4. The fraction of sp³-hybridized carbons (Fsp3) is 0.800. The number of hydrogen-bond donors (Lipinski definition) is 0. The van der Waals surface area contributed by atoms with Gasteiger partial charge in [0, 0.05) is 0 Å². The minimum Gasteiger partial charge on any atom is -0.412 e. The second-order valence-electron chi connectivity index (χ2n) is 1.68. The summed E-state index contributed by atoms with van der Waals surface area (Å²) in [5.41, 5.74) is 0. The van der Waals surface area contributed by atoms with Gasteiger partial charge in [0.1, 0.15) is 0 Å². The molecule has 2 N–H and O–H groups in total. The number of rotatable bonds is 1. The van der Waals surface area contributed by atoms with E-state index in [0.29, 0.717) is 0 Å². The minimum absolute atomic E-state index is 0. The molecule has 3 heteroatoms. The smallest absolute Gasteiger partial charge is 0.412 e. The molecule has 0 aliphatic carbocycles. The molecule has 8 heavy (non-hydrogen) atoms. The summed E-state index contributed by atoms with van der Waals surface area (Å²) in [5.74, 6) is 0.773. The first-order chi connectivity index (χ1) is 2.27. The average molecular weight is 194 g/mol. The molecule has 0 rings (SSSR count). The summed E-state index contributed by atoms with van der Waals surface area (Å²) in [6.45, 7) is 8.00. The third kappa shape index (κ3) is 27.0. The van der Waals surface area contributed by atoms with E-state index in [9.17, 15) is 0 Å². The second-order valence-corrected chi connectivity index (χ2v) is 1.68. The monoisotopic (exact) mass is 193 g/mol. The number of hydrogen-bond acceptors (Lipinski definition) is 0. The van der Waals surface area contributed by atoms with Gasteiger partial charge in [0.05, 0.1) is 0 Å². The Morgan fingerprint density at radius 3 is 1.50 bits per heavy atom. The maximum Gasteiger partial charge on any atom is 2.00 e. The largest absolute Gasteiger partial charge is 2.00 e. The Hall–Kier alpha value is 1.21. The molecular formula is C5H14BrMgO+. The van der Waals surface area contributed by atoms with Crippen molar-refractivity contribution in [1.82, 2.24) is 0 Å². The molecule has 0 aromatic rings. The zero-order valence-electron chi connectivity index (χ0n) is 5.61. The summed E-state index contributed by atoms with van der Waals surface area (Å²) in [6, 6.07) is 0. The summed E-state index contributed by atoms with van der Waals surface area (Å²) >= 11 is 0. The van der Waals surface area contributed by atoms with Crippen LogP contribution in [0.5, 0.6) is 0 Å². The molecule has 0 saturated carbocycles. The van der Waals surface area contributed by atoms with Gasteiger partial charge < -0.3 is 12.4 Å². The predicted molar refractivity (Wildman–Crippen MR) is 44.5 cm³/mol. The van der Waals surface area contributed by atoms with Crippen LogP contribution in [-0.4, -0.2) is 28.5 Å². The van der Waals surface area contributed by atoms with Gasteiger partial charge in [-0.2, -0.15) is 6.42 Å². The molecule has 0 aromatic carbocycles. The fourth-order valence-electron chi connectivity index (χ4n) is 0. The molecule has 0 amide bonds. The minimum atomic E-state index is 0. The van der Waals surface area contributed by atoms with Crippen LogP contribution >= 0.6 is 17.0 Å². The van der Waals surface area contributed by atoms with Crippen molar-refractivity contribution >= 4 is 40.0 Å². The molecule has 0 spiro atoms. The third-order valence-electron chi connectivity index (χ3n) is 0.577. The molecule has 0 saturated heterocycles. The Kier molecular flexibility index (Phi) is 45.0. The van der Waals surface area contributed by atoms with Crippen molar-refractivity contribution in [1.29, 1.82) is 0 Å². The van der Waals surface area contributed by atoms with Gasteiger partial charge in [-0.3, -0.25) is 0 Å². The Balaban J connectivity index is -0.0000000267. The van der Waals surface area contributed by atoms with Crippen LogP contribution < -0.4 is 0 Å². The van der Waals surface area contributed by atoms with Gasteiger partial charge in [-0.05, 0) is 0 Å². The fourth-order valence-corrected chi connectivity index (χ4v) is 0. The molecule has 0 unspecified atom stereocenters. The molecule has 1 nitrogen and oxygen atoms in total. The van der Waals surface area contributed by atoms with Crippen LogP contribution in [0.2, 0.25) is 0 Å². The molecular weight excluding hydrogens is 180 g/mol. The van der Waals surface area contributed by atoms with Crippen molar-refractivity contribution in [2.24, 2.45) is 5.92 Å². The van der Waals surface area contributed by atoms with Crippen molar-refractivity contribution < 1.29 is 5.48 Å². The van der Waals surface area contributed by atoms with Gasteiger partial charge in [0.2, 0.25) is 0 Å². The van der Waals surface area contributed by atoms with Gasteiger partial charge in [-0.25, -0.2) is 0 Å². The Labute approximate surface area is 78.5 Å². The first kappa shape index (κ1) is 22.9. The van der Waals surface area contributed by atoms with E-state index in [2.05, 4.69) is 20.8 Å². The van der Waals surface area contributed by atoms with Gasteiger partial charge >= 0.3 is 23.1 Å². The first-order valence-electron chi connectivity index (χ1n) is 2.06. The van der Waals surface area contributed by atoms with E-state index in [-0.39, 0.29) is 45.5 Å². The SMILES string of the molecule is Br.O.[CH2-]CC(C)C.[Mg+2]. The summed E-state index contributed by atoms with van der Waals surface area (Å²) in [4.78, 5) is 0. The van der Waals surface area contributed by atoms with E-state index >= 15 is 0 Å². The molecule has 0 fully saturated rings. The Morgan fingerprint density at radius 1 is 1.38 bits per heavy atom. The molecule has 0 radical (unpaired) electrons. The topological polar surface area (TPSA) is 31.5 Å². The van der Waals surface area contributed by atoms with E-state index in [4.69, 9.17) is 0 Å². The van der Waals surface area contributed by atoms with Crippen LogP contribution in [0.4, 0.5) is 0 Å². The maximum absolute atomic E-state index is 3.69. The molecule has 48 valence electrons. The van der Waals surface area contributed by atoms with Crippen LogP contribution in [-0.2, 0) is 0 Å². The van der Waals surface area contributed by atoms with E-state index in [0.717, 1.165) is 12.3 Å². The first-order valence-corrected chi connectivity index (χ1v) is 2.06. The van der Waals surface area contributed by atoms with Crippen LogP contribution in [0.25, 0.3) is 0 Å². The van der Waals surface area contributed by atoms with Crippen LogP contribution in [0.15, 0.2) is 0 Å². The van der Waals surface area contributed by atoms with E-state index in [1.807, 2.05) is 0 Å². The quantitative estimate of drug-likeness (QED) is 0.444. The van der Waals surface area contributed by atoms with Crippen LogP contribution in [0.1, 0.15) is 20.3 Å². The van der Waals surface area contributed by atoms with Crippen molar-refractivity contribution in [2.45, 2.75) is 20.3 Å². The van der Waals surface area contributed by atoms with Crippen molar-refractivity contribution in [3.05, 3.63) is 6.92 Å². The van der Waals surface area contributed by atoms with Crippen molar-refractivity contribution in [3.8, 4) is 0 Å². The standard InChI is InChI=1S/C5H11.BrH.Mg.H2O/c1-4-5(2)3;;;/h5H,1,4H2,2-3H3;1H;;1H2/q-1;;+2;. The maximum atomic E-state index is 3.69. The molecule has 0 bridgehead atoms. The number of halogens is 1. The molecule has 0 atom stereocenters. The van der Waals surface area contributed by atoms with Gasteiger partial charge in [-0.1, -0.05) is 19.8 Å². The predicted octanol–water partition coefficient (Wildman–Crippen LogP) is 1.24. The molecule has 0 aliphatic heterocycles. The van der Waals surface area contributed by atoms with Crippen LogP contribution in [0, 0.1) is 12.8 Å².